The number of anilines is 2. The quantitative estimate of drug-likeness (QED) is 0.230. The van der Waals surface area contributed by atoms with Crippen molar-refractivity contribution in [1.82, 2.24) is 4.98 Å². The summed E-state index contributed by atoms with van der Waals surface area (Å²) in [6.45, 7) is 4.44. The molecule has 1 heterocycles. The number of methoxy groups -OCH3 is 1. The lowest BCUT2D eigenvalue weighted by atomic mass is 9.71. The van der Waals surface area contributed by atoms with E-state index in [2.05, 4.69) is 37.4 Å². The molecule has 0 spiro atoms. The number of unbranched alkanes of at least 4 members (excludes halogenated alkanes) is 2. The second-order valence-electron chi connectivity index (χ2n) is 10.1. The Labute approximate surface area is 223 Å². The van der Waals surface area contributed by atoms with Gasteiger partial charge in [0.05, 0.1) is 24.2 Å². The van der Waals surface area contributed by atoms with Crippen LogP contribution in [0.5, 0.6) is 5.75 Å². The minimum Gasteiger partial charge on any atom is -0.496 e. The number of para-hydroxylation sites is 1. The van der Waals surface area contributed by atoms with Gasteiger partial charge in [-0.3, -0.25) is 0 Å². The maximum Gasteiger partial charge on any atom is 0.149 e. The van der Waals surface area contributed by atoms with E-state index in [-0.39, 0.29) is 16.7 Å². The van der Waals surface area contributed by atoms with Crippen molar-refractivity contribution in [3.63, 3.8) is 0 Å². The Bertz CT molecular complexity index is 1430. The van der Waals surface area contributed by atoms with E-state index in [4.69, 9.17) is 9.72 Å². The van der Waals surface area contributed by atoms with Crippen molar-refractivity contribution in [3.05, 3.63) is 95.6 Å². The zero-order chi connectivity index (χ0) is 26.7. The molecule has 3 nitrogen and oxygen atoms in total. The van der Waals surface area contributed by atoms with E-state index in [0.717, 1.165) is 67.3 Å². The molecule has 3 aromatic carbocycles. The molecule has 0 bridgehead atoms. The van der Waals surface area contributed by atoms with E-state index in [9.17, 15) is 4.39 Å². The Morgan fingerprint density at radius 2 is 1.55 bits per heavy atom. The zero-order valence-electron chi connectivity index (χ0n) is 22.3. The highest BCUT2D eigenvalue weighted by Crippen LogP contribution is 2.56. The molecule has 1 N–H and O–H groups in total. The van der Waals surface area contributed by atoms with Gasteiger partial charge in [-0.2, -0.15) is 0 Å². The Morgan fingerprint density at radius 3 is 2.24 bits per heavy atom. The van der Waals surface area contributed by atoms with Crippen LogP contribution < -0.4 is 10.1 Å². The number of ether oxygens (including phenoxy) is 1. The third-order valence-electron chi connectivity index (χ3n) is 7.71. The molecule has 0 atom stereocenters. The third kappa shape index (κ3) is 4.55. The molecular weight excluding hydrogens is 478 g/mol. The van der Waals surface area contributed by atoms with Gasteiger partial charge in [-0.15, -0.1) is 0 Å². The lowest BCUT2D eigenvalue weighted by Gasteiger charge is -2.32. The van der Waals surface area contributed by atoms with Crippen molar-refractivity contribution in [2.75, 3.05) is 12.4 Å². The standard InChI is InChI=1S/C33H34F2N2O/c1-4-6-18-33(19-7-5-2)24-14-11-15-30(38-3)31(24)32-25(33)16-17-28(37-32)23-20-29(27(35)21-26(23)34)36-22-12-9-8-10-13-22/h8-17,20-21,36H,4-7,18-19H2,1-3H3. The van der Waals surface area contributed by atoms with Gasteiger partial charge in [0, 0.05) is 28.3 Å². The second kappa shape index (κ2) is 10.9. The highest BCUT2D eigenvalue weighted by atomic mass is 19.1. The number of hydrogen-bond donors (Lipinski definition) is 1. The summed E-state index contributed by atoms with van der Waals surface area (Å²) in [5.41, 5.74) is 5.73. The van der Waals surface area contributed by atoms with Crippen molar-refractivity contribution in [2.24, 2.45) is 0 Å². The number of hydrogen-bond acceptors (Lipinski definition) is 3. The number of halogens is 2. The molecule has 0 aliphatic heterocycles. The van der Waals surface area contributed by atoms with Gasteiger partial charge in [-0.1, -0.05) is 75.9 Å². The Balaban J connectivity index is 1.66. The van der Waals surface area contributed by atoms with Gasteiger partial charge in [-0.05, 0) is 54.3 Å². The molecule has 1 aliphatic rings. The number of pyridine rings is 1. The smallest absolute Gasteiger partial charge is 0.149 e. The molecule has 0 unspecified atom stereocenters. The van der Waals surface area contributed by atoms with Gasteiger partial charge in [-0.25, -0.2) is 13.8 Å². The monoisotopic (exact) mass is 512 g/mol. The summed E-state index contributed by atoms with van der Waals surface area (Å²) in [6, 6.07) is 21.9. The lowest BCUT2D eigenvalue weighted by molar-refractivity contribution is 0.405. The molecule has 0 saturated carbocycles. The average Bonchev–Trinajstić information content (AvgIpc) is 3.22. The Morgan fingerprint density at radius 1 is 0.816 bits per heavy atom. The number of aromatic nitrogens is 1. The van der Waals surface area contributed by atoms with Crippen molar-refractivity contribution in [2.45, 2.75) is 57.8 Å². The van der Waals surface area contributed by atoms with Crippen molar-refractivity contribution < 1.29 is 13.5 Å². The van der Waals surface area contributed by atoms with Crippen LogP contribution in [0.3, 0.4) is 0 Å². The fourth-order valence-corrected chi connectivity index (χ4v) is 5.81. The van der Waals surface area contributed by atoms with Crippen molar-refractivity contribution in [3.8, 4) is 28.3 Å². The number of fused-ring (bicyclic) bond motifs is 3. The summed E-state index contributed by atoms with van der Waals surface area (Å²) >= 11 is 0. The third-order valence-corrected chi connectivity index (χ3v) is 7.71. The summed E-state index contributed by atoms with van der Waals surface area (Å²) in [6.07, 6.45) is 6.45. The summed E-state index contributed by atoms with van der Waals surface area (Å²) in [4.78, 5) is 5.05. The number of nitrogens with one attached hydrogen (secondary N) is 1. The summed E-state index contributed by atoms with van der Waals surface area (Å²) in [5.74, 6) is -0.522. The van der Waals surface area contributed by atoms with E-state index < -0.39 is 11.6 Å². The zero-order valence-corrected chi connectivity index (χ0v) is 22.3. The predicted molar refractivity (Wildman–Crippen MR) is 151 cm³/mol. The number of benzene rings is 3. The fraction of sp³-hybridized carbons (Fsp3) is 0.303. The van der Waals surface area contributed by atoms with Crippen LogP contribution in [0.25, 0.3) is 22.5 Å². The molecule has 0 radical (unpaired) electrons. The SMILES string of the molecule is CCCCC1(CCCC)c2ccc(-c3cc(Nc4ccccc4)c(F)cc3F)nc2-c2c(OC)cccc21. The van der Waals surface area contributed by atoms with Gasteiger partial charge in [0.25, 0.3) is 0 Å². The van der Waals surface area contributed by atoms with Crippen molar-refractivity contribution in [1.29, 1.82) is 0 Å². The molecule has 5 rings (SSSR count). The van der Waals surface area contributed by atoms with Crippen LogP contribution in [-0.2, 0) is 5.41 Å². The summed E-state index contributed by atoms with van der Waals surface area (Å²) in [7, 11) is 1.68. The molecule has 196 valence electrons. The van der Waals surface area contributed by atoms with E-state index >= 15 is 4.39 Å². The molecule has 5 heteroatoms. The minimum absolute atomic E-state index is 0.155. The lowest BCUT2D eigenvalue weighted by Crippen LogP contribution is -2.25. The van der Waals surface area contributed by atoms with Gasteiger partial charge in [0.2, 0.25) is 0 Å². The normalized spacial score (nSPS) is 13.2. The first-order chi connectivity index (χ1) is 18.5. The van der Waals surface area contributed by atoms with E-state index in [1.807, 2.05) is 42.5 Å². The molecular formula is C33H34F2N2O. The minimum atomic E-state index is -0.651. The van der Waals surface area contributed by atoms with Crippen LogP contribution in [-0.4, -0.2) is 12.1 Å². The van der Waals surface area contributed by atoms with E-state index in [1.54, 1.807) is 7.11 Å². The molecule has 1 aromatic heterocycles. The predicted octanol–water partition coefficient (Wildman–Crippen LogP) is 9.43. The van der Waals surface area contributed by atoms with E-state index in [1.165, 1.54) is 17.2 Å². The highest BCUT2D eigenvalue weighted by molar-refractivity contribution is 5.85. The Hall–Kier alpha value is -3.73. The first-order valence-electron chi connectivity index (χ1n) is 13.5. The largest absolute Gasteiger partial charge is 0.496 e. The highest BCUT2D eigenvalue weighted by Gasteiger charge is 2.44. The average molecular weight is 513 g/mol. The number of nitrogens with zero attached hydrogens (tertiary/aromatic N) is 1. The topological polar surface area (TPSA) is 34.2 Å². The van der Waals surface area contributed by atoms with E-state index in [0.29, 0.717) is 5.69 Å². The van der Waals surface area contributed by atoms with Crippen LogP contribution in [0.1, 0.15) is 63.5 Å². The Kier molecular flexibility index (Phi) is 7.46. The molecule has 0 amide bonds. The first-order valence-corrected chi connectivity index (χ1v) is 13.5. The summed E-state index contributed by atoms with van der Waals surface area (Å²) < 4.78 is 35.8. The van der Waals surface area contributed by atoms with Crippen LogP contribution in [0.2, 0.25) is 0 Å². The van der Waals surface area contributed by atoms with Gasteiger partial charge in [0.1, 0.15) is 17.4 Å². The summed E-state index contributed by atoms with van der Waals surface area (Å²) in [5, 5.41) is 3.07. The van der Waals surface area contributed by atoms with Gasteiger partial charge in [0.15, 0.2) is 0 Å². The number of rotatable bonds is 10. The maximum absolute atomic E-state index is 15.2. The van der Waals surface area contributed by atoms with Gasteiger partial charge >= 0.3 is 0 Å². The van der Waals surface area contributed by atoms with Crippen molar-refractivity contribution >= 4 is 11.4 Å². The second-order valence-corrected chi connectivity index (χ2v) is 10.1. The molecule has 0 saturated heterocycles. The molecule has 1 aliphatic carbocycles. The van der Waals surface area contributed by atoms with Crippen LogP contribution in [0.4, 0.5) is 20.2 Å². The molecule has 4 aromatic rings. The molecule has 38 heavy (non-hydrogen) atoms. The first kappa shape index (κ1) is 25.9. The maximum atomic E-state index is 15.2. The van der Waals surface area contributed by atoms with Crippen LogP contribution in [0.15, 0.2) is 72.8 Å². The molecule has 0 fully saturated rings. The fourth-order valence-electron chi connectivity index (χ4n) is 5.81. The van der Waals surface area contributed by atoms with Crippen LogP contribution in [0, 0.1) is 11.6 Å². The van der Waals surface area contributed by atoms with Crippen LogP contribution >= 0.6 is 0 Å². The van der Waals surface area contributed by atoms with Gasteiger partial charge < -0.3 is 10.1 Å².